The van der Waals surface area contributed by atoms with E-state index in [0.29, 0.717) is 24.9 Å². The first-order valence-electron chi connectivity index (χ1n) is 16.3. The predicted octanol–water partition coefficient (Wildman–Crippen LogP) is 3.42. The van der Waals surface area contributed by atoms with E-state index >= 15 is 0 Å². The minimum atomic E-state index is -1.72. The van der Waals surface area contributed by atoms with Crippen molar-refractivity contribution in [3.63, 3.8) is 0 Å². The van der Waals surface area contributed by atoms with Crippen molar-refractivity contribution in [3.8, 4) is 11.5 Å². The molecule has 0 saturated carbocycles. The number of benzene rings is 1. The normalized spacial score (nSPS) is 26.5. The third-order valence-electron chi connectivity index (χ3n) is 9.11. The fraction of sp³-hybridized carbons (Fsp3) is 0.629. The highest BCUT2D eigenvalue weighted by Crippen LogP contribution is 2.65. The molecule has 4 aliphatic rings. The molecule has 1 aromatic carbocycles. The van der Waals surface area contributed by atoms with Crippen molar-refractivity contribution in [3.05, 3.63) is 35.1 Å². The molecule has 6 atom stereocenters. The molecule has 2 aliphatic carbocycles. The fourth-order valence-electron chi connectivity index (χ4n) is 7.25. The van der Waals surface area contributed by atoms with E-state index in [2.05, 4.69) is 4.90 Å². The lowest BCUT2D eigenvalue weighted by Gasteiger charge is -2.61. The van der Waals surface area contributed by atoms with Crippen molar-refractivity contribution in [1.29, 1.82) is 0 Å². The highest BCUT2D eigenvalue weighted by atomic mass is 16.7. The van der Waals surface area contributed by atoms with Crippen LogP contribution in [0.1, 0.15) is 85.8 Å². The second kappa shape index (κ2) is 12.6. The van der Waals surface area contributed by atoms with Crippen LogP contribution in [0.2, 0.25) is 0 Å². The van der Waals surface area contributed by atoms with Gasteiger partial charge in [-0.2, -0.15) is 0 Å². The number of ether oxygens (including phenoxy) is 7. The summed E-state index contributed by atoms with van der Waals surface area (Å²) < 4.78 is 38.8. The van der Waals surface area contributed by atoms with Crippen molar-refractivity contribution in [2.45, 2.75) is 128 Å². The van der Waals surface area contributed by atoms with Crippen molar-refractivity contribution < 1.29 is 62.2 Å². The van der Waals surface area contributed by atoms with Crippen LogP contribution < -0.4 is 9.47 Å². The first kappa shape index (κ1) is 36.1. The molecule has 2 aliphatic heterocycles. The molecule has 1 saturated heterocycles. The third kappa shape index (κ3) is 6.85. The van der Waals surface area contributed by atoms with Crippen LogP contribution >= 0.6 is 0 Å². The van der Waals surface area contributed by atoms with Gasteiger partial charge in [-0.25, -0.2) is 14.4 Å². The van der Waals surface area contributed by atoms with E-state index < -0.39 is 77.0 Å². The minimum absolute atomic E-state index is 0.0855. The molecule has 1 N–H and O–H groups in total. The summed E-state index contributed by atoms with van der Waals surface area (Å²) in [5.41, 5.74) is -2.46. The van der Waals surface area contributed by atoms with Crippen LogP contribution in [0.4, 0.5) is 4.79 Å². The Morgan fingerprint density at radius 1 is 1.00 bits per heavy atom. The first-order chi connectivity index (χ1) is 22.6. The number of aliphatic hydroxyl groups is 1. The molecule has 0 radical (unpaired) electrons. The summed E-state index contributed by atoms with van der Waals surface area (Å²) in [6.45, 7) is 13.0. The molecule has 2 heterocycles. The van der Waals surface area contributed by atoms with Gasteiger partial charge in [-0.3, -0.25) is 9.59 Å². The monoisotopic (exact) mass is 687 g/mol. The Kier molecular flexibility index (Phi) is 9.30. The second-order valence-electron chi connectivity index (χ2n) is 15.0. The average molecular weight is 688 g/mol. The highest BCUT2D eigenvalue weighted by Gasteiger charge is 2.72. The summed E-state index contributed by atoms with van der Waals surface area (Å²) in [5, 5.41) is 12.5. The van der Waals surface area contributed by atoms with E-state index in [4.69, 9.17) is 33.2 Å². The van der Waals surface area contributed by atoms with Crippen LogP contribution in [0, 0.1) is 0 Å². The van der Waals surface area contributed by atoms with Gasteiger partial charge in [-0.05, 0) is 92.6 Å². The van der Waals surface area contributed by atoms with Gasteiger partial charge >= 0.3 is 30.0 Å². The number of hydrogen-bond acceptors (Lipinski definition) is 14. The smallest absolute Gasteiger partial charge is 0.477 e. The van der Waals surface area contributed by atoms with Gasteiger partial charge in [0.05, 0.1) is 17.4 Å². The molecule has 1 fully saturated rings. The maximum absolute atomic E-state index is 13.4. The number of hydrogen-bond donors (Lipinski definition) is 1. The Labute approximate surface area is 284 Å². The van der Waals surface area contributed by atoms with E-state index in [1.165, 1.54) is 6.92 Å². The number of carbonyl (C=O) groups is 5. The van der Waals surface area contributed by atoms with Gasteiger partial charge in [0.1, 0.15) is 17.0 Å². The SMILES string of the molecule is CC(=O)O[C@@H](CC(=O)OC1=CC[C@@]2(O)[C@@H]3Cc4ccc(OC(=O)OC(C)(C)C)c5c4[C@@]2(CCN3C)[C@H]1O5)C(=O)O[C@@H](C)C(=O)OC(C)(C)C. The standard InChI is InChI=1S/C35H45NO13/c1-18(29(39)48-32(3,4)5)43-30(40)23(44-19(2)37)17-25(38)45-22-12-13-35(42)24-16-20-10-11-21(46-31(41)49-33(6,7)8)27-26(20)34(35,28(22)47-27)14-15-36(24)9/h10-12,18,23-24,28,42H,13-17H2,1-9H3/t18-,23-,24-,28-,34-,35+/m0/s1. The van der Waals surface area contributed by atoms with Gasteiger partial charge in [0, 0.05) is 24.9 Å². The Hall–Kier alpha value is -4.17. The van der Waals surface area contributed by atoms with Gasteiger partial charge < -0.3 is 43.2 Å². The van der Waals surface area contributed by atoms with Crippen LogP contribution in [-0.2, 0) is 54.7 Å². The summed E-state index contributed by atoms with van der Waals surface area (Å²) in [7, 11) is 1.95. The highest BCUT2D eigenvalue weighted by molar-refractivity contribution is 5.86. The van der Waals surface area contributed by atoms with Crippen molar-refractivity contribution in [2.24, 2.45) is 0 Å². The molecule has 1 aromatic rings. The second-order valence-corrected chi connectivity index (χ2v) is 15.0. The zero-order valence-electron chi connectivity index (χ0n) is 29.4. The largest absolute Gasteiger partial charge is 0.514 e. The molecule has 5 rings (SSSR count). The summed E-state index contributed by atoms with van der Waals surface area (Å²) in [6.07, 6.45) is -3.11. The van der Waals surface area contributed by atoms with Crippen LogP contribution in [0.5, 0.6) is 11.5 Å². The van der Waals surface area contributed by atoms with Crippen LogP contribution in [0.25, 0.3) is 0 Å². The molecule has 0 amide bonds. The molecule has 14 nitrogen and oxygen atoms in total. The lowest BCUT2D eigenvalue weighted by Crippen LogP contribution is -2.74. The van der Waals surface area contributed by atoms with Gasteiger partial charge in [0.15, 0.2) is 23.7 Å². The molecule has 0 unspecified atom stereocenters. The van der Waals surface area contributed by atoms with E-state index in [1.54, 1.807) is 53.7 Å². The molecular formula is C35H45NO13. The van der Waals surface area contributed by atoms with Crippen molar-refractivity contribution >= 4 is 30.0 Å². The lowest BCUT2D eigenvalue weighted by molar-refractivity contribution is -0.183. The zero-order chi connectivity index (χ0) is 36.3. The van der Waals surface area contributed by atoms with E-state index in [0.717, 1.165) is 12.5 Å². The molecule has 0 aromatic heterocycles. The van der Waals surface area contributed by atoms with Crippen LogP contribution in [0.3, 0.4) is 0 Å². The molecule has 268 valence electrons. The number of likely N-dealkylation sites (tertiary alicyclic amines) is 1. The molecular weight excluding hydrogens is 642 g/mol. The maximum Gasteiger partial charge on any atom is 0.514 e. The Balaban J connectivity index is 1.41. The molecule has 2 bridgehead atoms. The van der Waals surface area contributed by atoms with E-state index in [1.807, 2.05) is 13.1 Å². The van der Waals surface area contributed by atoms with Gasteiger partial charge in [-0.1, -0.05) is 6.07 Å². The zero-order valence-corrected chi connectivity index (χ0v) is 29.4. The van der Waals surface area contributed by atoms with Gasteiger partial charge in [0.25, 0.3) is 0 Å². The fourth-order valence-corrected chi connectivity index (χ4v) is 7.25. The summed E-state index contributed by atoms with van der Waals surface area (Å²) >= 11 is 0. The molecule has 1 spiro atoms. The summed E-state index contributed by atoms with van der Waals surface area (Å²) in [6, 6.07) is 3.18. The third-order valence-corrected chi connectivity index (χ3v) is 9.11. The topological polar surface area (TPSA) is 173 Å². The number of piperidine rings is 1. The van der Waals surface area contributed by atoms with Crippen LogP contribution in [-0.4, -0.2) is 94.8 Å². The van der Waals surface area contributed by atoms with E-state index in [9.17, 15) is 29.1 Å². The summed E-state index contributed by atoms with van der Waals surface area (Å²) in [4.78, 5) is 65.5. The maximum atomic E-state index is 13.4. The number of nitrogens with zero attached hydrogens (tertiary/aromatic N) is 1. The van der Waals surface area contributed by atoms with Gasteiger partial charge in [0.2, 0.25) is 6.10 Å². The van der Waals surface area contributed by atoms with Crippen molar-refractivity contribution in [1.82, 2.24) is 4.90 Å². The predicted molar refractivity (Wildman–Crippen MR) is 169 cm³/mol. The lowest BCUT2D eigenvalue weighted by atomic mass is 9.50. The first-order valence-corrected chi connectivity index (χ1v) is 16.3. The quantitative estimate of drug-likeness (QED) is 0.239. The van der Waals surface area contributed by atoms with Crippen LogP contribution in [0.15, 0.2) is 24.0 Å². The summed E-state index contributed by atoms with van der Waals surface area (Å²) in [5.74, 6) is -3.34. The number of likely N-dealkylation sites (N-methyl/N-ethyl adjacent to an activating group) is 1. The van der Waals surface area contributed by atoms with Crippen molar-refractivity contribution in [2.75, 3.05) is 13.6 Å². The Morgan fingerprint density at radius 3 is 2.31 bits per heavy atom. The number of carbonyl (C=O) groups excluding carboxylic acids is 5. The molecule has 14 heteroatoms. The number of rotatable bonds is 8. The molecule has 49 heavy (non-hydrogen) atoms. The van der Waals surface area contributed by atoms with Gasteiger partial charge in [-0.15, -0.1) is 0 Å². The Morgan fingerprint density at radius 2 is 1.67 bits per heavy atom. The van der Waals surface area contributed by atoms with E-state index in [-0.39, 0.29) is 29.7 Å². The minimum Gasteiger partial charge on any atom is -0.477 e. The number of esters is 4. The average Bonchev–Trinajstić information content (AvgIpc) is 3.31. The Bertz CT molecular complexity index is 1590.